The Balaban J connectivity index is 1.40. The third-order valence-corrected chi connectivity index (χ3v) is 12.3. The molecule has 2 saturated carbocycles. The maximum atomic E-state index is 12.8. The van der Waals surface area contributed by atoms with Crippen LogP contribution in [0, 0.1) is 34.0 Å². The fourth-order valence-electron chi connectivity index (χ4n) is 10.1. The standard InChI is InChI=1S/C32H44O7/c1-18-8-9-22(37-27(18)35)19(2)21-12-14-29(6)24-11-10-23-28(4,5)39-26(34)13-15-31(23,17-36-20(3)33)32(24)25(38-32)16-30(21,29)7/h8,11,19,21-23,25H,9-10,12-17H2,1-7H3. The largest absolute Gasteiger partial charge is 0.465 e. The summed E-state index contributed by atoms with van der Waals surface area (Å²) in [6.07, 6.45) is 9.70. The number of fused-ring (bicyclic) bond motifs is 3. The van der Waals surface area contributed by atoms with E-state index in [0.717, 1.165) is 32.1 Å². The van der Waals surface area contributed by atoms with Gasteiger partial charge in [0.1, 0.15) is 23.9 Å². The molecule has 9 atom stereocenters. The summed E-state index contributed by atoms with van der Waals surface area (Å²) in [5.41, 5.74) is 0.105. The Hall–Kier alpha value is -2.15. The van der Waals surface area contributed by atoms with Crippen LogP contribution in [-0.4, -0.2) is 47.9 Å². The van der Waals surface area contributed by atoms with Crippen molar-refractivity contribution in [3.63, 3.8) is 0 Å². The van der Waals surface area contributed by atoms with Gasteiger partial charge < -0.3 is 18.9 Å². The van der Waals surface area contributed by atoms with Gasteiger partial charge in [-0.15, -0.1) is 0 Å². The van der Waals surface area contributed by atoms with Crippen LogP contribution in [0.2, 0.25) is 0 Å². The van der Waals surface area contributed by atoms with Crippen LogP contribution in [0.25, 0.3) is 0 Å². The zero-order valence-electron chi connectivity index (χ0n) is 24.6. The summed E-state index contributed by atoms with van der Waals surface area (Å²) in [6, 6.07) is 0. The normalized spacial score (nSPS) is 46.5. The molecule has 1 spiro atoms. The molecule has 3 heterocycles. The first-order valence-corrected chi connectivity index (χ1v) is 14.8. The SMILES string of the molecule is CC(=O)OCC12CCC(=O)OC(C)(C)C1CC=C1C3(C)CCC(C(C)C4CC=C(C)C(=O)O4)C3(C)CC3OC132. The number of rotatable bonds is 4. The van der Waals surface area contributed by atoms with E-state index in [4.69, 9.17) is 18.9 Å². The van der Waals surface area contributed by atoms with Crippen molar-refractivity contribution in [3.05, 3.63) is 23.3 Å². The van der Waals surface area contributed by atoms with Gasteiger partial charge in [0.2, 0.25) is 0 Å². The zero-order valence-corrected chi connectivity index (χ0v) is 24.6. The lowest BCUT2D eigenvalue weighted by Crippen LogP contribution is -2.63. The Kier molecular flexibility index (Phi) is 5.85. The molecule has 0 radical (unpaired) electrons. The van der Waals surface area contributed by atoms with Gasteiger partial charge >= 0.3 is 17.9 Å². The van der Waals surface area contributed by atoms with E-state index in [-0.39, 0.29) is 59.4 Å². The van der Waals surface area contributed by atoms with Gasteiger partial charge in [0, 0.05) is 36.7 Å². The minimum atomic E-state index is -0.702. The summed E-state index contributed by atoms with van der Waals surface area (Å²) in [7, 11) is 0. The van der Waals surface area contributed by atoms with Crippen LogP contribution in [0.15, 0.2) is 23.3 Å². The number of esters is 3. The molecule has 0 aromatic carbocycles. The van der Waals surface area contributed by atoms with Gasteiger partial charge in [-0.3, -0.25) is 9.59 Å². The van der Waals surface area contributed by atoms with Gasteiger partial charge in [0.05, 0.1) is 6.10 Å². The lowest BCUT2D eigenvalue weighted by molar-refractivity contribution is -0.170. The lowest BCUT2D eigenvalue weighted by atomic mass is 9.43. The Bertz CT molecular complexity index is 1180. The van der Waals surface area contributed by atoms with Crippen LogP contribution in [0.5, 0.6) is 0 Å². The lowest BCUT2D eigenvalue weighted by Gasteiger charge is -2.59. The Morgan fingerprint density at radius 1 is 1.13 bits per heavy atom. The van der Waals surface area contributed by atoms with Gasteiger partial charge in [0.25, 0.3) is 0 Å². The predicted octanol–water partition coefficient (Wildman–Crippen LogP) is 5.46. The summed E-state index contributed by atoms with van der Waals surface area (Å²) in [6.45, 7) is 14.6. The van der Waals surface area contributed by atoms with Crippen LogP contribution in [0.3, 0.4) is 0 Å². The molecule has 9 unspecified atom stereocenters. The molecule has 7 heteroatoms. The number of cyclic esters (lactones) is 2. The first-order chi connectivity index (χ1) is 18.2. The Morgan fingerprint density at radius 3 is 2.56 bits per heavy atom. The predicted molar refractivity (Wildman–Crippen MR) is 143 cm³/mol. The monoisotopic (exact) mass is 540 g/mol. The fourth-order valence-corrected chi connectivity index (χ4v) is 10.1. The molecular formula is C32H44O7. The molecule has 0 N–H and O–H groups in total. The highest BCUT2D eigenvalue weighted by Crippen LogP contribution is 2.79. The van der Waals surface area contributed by atoms with E-state index in [9.17, 15) is 14.4 Å². The van der Waals surface area contributed by atoms with Gasteiger partial charge in [-0.05, 0) is 81.1 Å². The van der Waals surface area contributed by atoms with Crippen LogP contribution < -0.4 is 0 Å². The van der Waals surface area contributed by atoms with Crippen LogP contribution >= 0.6 is 0 Å². The first kappa shape index (κ1) is 27.0. The maximum absolute atomic E-state index is 12.8. The molecule has 2 saturated heterocycles. The number of carbonyl (C=O) groups excluding carboxylic acids is 3. The van der Waals surface area contributed by atoms with Crippen LogP contribution in [0.4, 0.5) is 0 Å². The smallest absolute Gasteiger partial charge is 0.333 e. The maximum Gasteiger partial charge on any atom is 0.333 e. The van der Waals surface area contributed by atoms with Crippen molar-refractivity contribution in [2.24, 2.45) is 34.0 Å². The van der Waals surface area contributed by atoms with Crippen molar-refractivity contribution < 1.29 is 33.3 Å². The average Bonchev–Trinajstić information content (AvgIpc) is 3.51. The van der Waals surface area contributed by atoms with Crippen molar-refractivity contribution in [2.45, 2.75) is 117 Å². The van der Waals surface area contributed by atoms with Crippen LogP contribution in [0.1, 0.15) is 93.4 Å². The highest BCUT2D eigenvalue weighted by molar-refractivity contribution is 5.88. The second-order valence-electron chi connectivity index (χ2n) is 14.3. The Morgan fingerprint density at radius 2 is 1.87 bits per heavy atom. The number of ether oxygens (including phenoxy) is 4. The second-order valence-corrected chi connectivity index (χ2v) is 14.3. The van der Waals surface area contributed by atoms with Crippen LogP contribution in [-0.2, 0) is 33.3 Å². The molecule has 39 heavy (non-hydrogen) atoms. The zero-order chi connectivity index (χ0) is 28.2. The van der Waals surface area contributed by atoms with E-state index in [1.807, 2.05) is 26.8 Å². The highest BCUT2D eigenvalue weighted by atomic mass is 16.6. The van der Waals surface area contributed by atoms with Crippen molar-refractivity contribution in [1.29, 1.82) is 0 Å². The highest BCUT2D eigenvalue weighted by Gasteiger charge is 2.83. The molecular weight excluding hydrogens is 496 g/mol. The van der Waals surface area contributed by atoms with Gasteiger partial charge in [-0.25, -0.2) is 4.79 Å². The molecule has 6 rings (SSSR count). The molecule has 0 bridgehead atoms. The van der Waals surface area contributed by atoms with E-state index in [1.54, 1.807) is 0 Å². The van der Waals surface area contributed by atoms with E-state index in [2.05, 4.69) is 26.8 Å². The second kappa shape index (κ2) is 8.43. The summed E-state index contributed by atoms with van der Waals surface area (Å²) >= 11 is 0. The summed E-state index contributed by atoms with van der Waals surface area (Å²) in [5, 5.41) is 0. The summed E-state index contributed by atoms with van der Waals surface area (Å²) < 4.78 is 24.6. The van der Waals surface area contributed by atoms with Crippen molar-refractivity contribution in [1.82, 2.24) is 0 Å². The van der Waals surface area contributed by atoms with E-state index >= 15 is 0 Å². The molecule has 6 aliphatic rings. The number of hydrogen-bond acceptors (Lipinski definition) is 7. The average molecular weight is 541 g/mol. The van der Waals surface area contributed by atoms with Gasteiger partial charge in [0.15, 0.2) is 0 Å². The Labute approximate surface area is 232 Å². The van der Waals surface area contributed by atoms with Crippen molar-refractivity contribution in [3.8, 4) is 0 Å². The minimum Gasteiger partial charge on any atom is -0.465 e. The van der Waals surface area contributed by atoms with E-state index in [1.165, 1.54) is 12.5 Å². The molecule has 0 aromatic rings. The third-order valence-electron chi connectivity index (χ3n) is 12.3. The van der Waals surface area contributed by atoms with E-state index in [0.29, 0.717) is 24.3 Å². The number of epoxide rings is 1. The quantitative estimate of drug-likeness (QED) is 0.202. The molecule has 7 nitrogen and oxygen atoms in total. The minimum absolute atomic E-state index is 0.00645. The topological polar surface area (TPSA) is 91.4 Å². The fraction of sp³-hybridized carbons (Fsp3) is 0.781. The molecule has 3 aliphatic heterocycles. The number of allylic oxidation sites excluding steroid dienone is 1. The first-order valence-electron chi connectivity index (χ1n) is 14.8. The van der Waals surface area contributed by atoms with Crippen molar-refractivity contribution >= 4 is 17.9 Å². The molecule has 4 fully saturated rings. The third kappa shape index (κ3) is 3.47. The number of carbonyl (C=O) groups is 3. The van der Waals surface area contributed by atoms with Gasteiger partial charge in [-0.2, -0.15) is 0 Å². The molecule has 214 valence electrons. The molecule has 0 aromatic heterocycles. The number of hydrogen-bond donors (Lipinski definition) is 0. The van der Waals surface area contributed by atoms with Gasteiger partial charge in [-0.1, -0.05) is 32.9 Å². The molecule has 3 aliphatic carbocycles. The van der Waals surface area contributed by atoms with E-state index < -0.39 is 16.6 Å². The summed E-state index contributed by atoms with van der Waals surface area (Å²) in [4.78, 5) is 37.3. The van der Waals surface area contributed by atoms with Crippen molar-refractivity contribution in [2.75, 3.05) is 6.61 Å². The molecule has 0 amide bonds. The summed E-state index contributed by atoms with van der Waals surface area (Å²) in [5.74, 6) is -0.113.